The molecule has 0 unspecified atom stereocenters. The van der Waals surface area contributed by atoms with Gasteiger partial charge in [0.15, 0.2) is 9.76 Å². The van der Waals surface area contributed by atoms with Gasteiger partial charge in [0.25, 0.3) is 0 Å². The van der Waals surface area contributed by atoms with E-state index in [9.17, 15) is 0 Å². The van der Waals surface area contributed by atoms with Crippen molar-refractivity contribution < 1.29 is 4.43 Å². The van der Waals surface area contributed by atoms with E-state index in [4.69, 9.17) is 4.43 Å². The zero-order chi connectivity index (χ0) is 11.9. The van der Waals surface area contributed by atoms with Crippen molar-refractivity contribution >= 4 is 9.76 Å². The molecule has 0 aliphatic rings. The van der Waals surface area contributed by atoms with Gasteiger partial charge < -0.3 is 20.4 Å². The van der Waals surface area contributed by atoms with Crippen LogP contribution in [0.2, 0.25) is 6.04 Å². The Morgan fingerprint density at radius 2 is 1.50 bits per heavy atom. The van der Waals surface area contributed by atoms with E-state index >= 15 is 0 Å². The first-order valence-electron chi connectivity index (χ1n) is 6.61. The summed E-state index contributed by atoms with van der Waals surface area (Å²) in [6.45, 7) is 11.6. The number of likely N-dealkylation sites (N-methyl/N-ethyl adjacent to an activating group) is 1. The van der Waals surface area contributed by atoms with Crippen LogP contribution in [-0.4, -0.2) is 55.6 Å². The Kier molecular flexibility index (Phi) is 15.1. The molecule has 0 aromatic heterocycles. The lowest BCUT2D eigenvalue weighted by Gasteiger charge is -2.06. The van der Waals surface area contributed by atoms with Crippen LogP contribution >= 0.6 is 0 Å². The van der Waals surface area contributed by atoms with Crippen LogP contribution in [0.5, 0.6) is 0 Å². The number of rotatable bonds is 13. The molecule has 0 fully saturated rings. The lowest BCUT2D eigenvalue weighted by atomic mass is 10.4. The summed E-state index contributed by atoms with van der Waals surface area (Å²) >= 11 is 0. The van der Waals surface area contributed by atoms with Crippen molar-refractivity contribution in [3.63, 3.8) is 0 Å². The number of nitrogens with one attached hydrogen (secondary N) is 3. The summed E-state index contributed by atoms with van der Waals surface area (Å²) in [7, 11) is -0.206. The first-order chi connectivity index (χ1) is 7.91. The van der Waals surface area contributed by atoms with E-state index in [0.29, 0.717) is 0 Å². The lowest BCUT2D eigenvalue weighted by Crippen LogP contribution is -2.32. The fraction of sp³-hybridized carbons (Fsp3) is 1.00. The standard InChI is InChI=1S/C11H29N3OSi/c1-3-12-7-8-14-10-9-13-6-5-11-16-15-4-2/h12-14H,3-11,16H2,1-2H3. The second kappa shape index (κ2) is 15.1. The minimum absolute atomic E-state index is 0.206. The van der Waals surface area contributed by atoms with Crippen molar-refractivity contribution in [1.82, 2.24) is 16.0 Å². The van der Waals surface area contributed by atoms with Gasteiger partial charge in [-0.3, -0.25) is 0 Å². The molecule has 0 aliphatic heterocycles. The Morgan fingerprint density at radius 3 is 2.12 bits per heavy atom. The molecule has 0 aliphatic carbocycles. The Hall–Kier alpha value is 0.0569. The molecule has 0 spiro atoms. The van der Waals surface area contributed by atoms with Crippen molar-refractivity contribution in [3.05, 3.63) is 0 Å². The van der Waals surface area contributed by atoms with Gasteiger partial charge in [-0.1, -0.05) is 6.92 Å². The van der Waals surface area contributed by atoms with E-state index in [2.05, 4.69) is 29.8 Å². The van der Waals surface area contributed by atoms with Crippen molar-refractivity contribution in [2.24, 2.45) is 0 Å². The van der Waals surface area contributed by atoms with Gasteiger partial charge in [0, 0.05) is 32.8 Å². The summed E-state index contributed by atoms with van der Waals surface area (Å²) in [5, 5.41) is 10.1. The maximum absolute atomic E-state index is 5.41. The molecule has 16 heavy (non-hydrogen) atoms. The Labute approximate surface area is 103 Å². The van der Waals surface area contributed by atoms with Gasteiger partial charge in [-0.25, -0.2) is 0 Å². The highest BCUT2D eigenvalue weighted by molar-refractivity contribution is 6.26. The van der Waals surface area contributed by atoms with Gasteiger partial charge in [-0.2, -0.15) is 0 Å². The van der Waals surface area contributed by atoms with Crippen LogP contribution < -0.4 is 16.0 Å². The Bertz CT molecular complexity index is 114. The molecule has 0 bridgehead atoms. The topological polar surface area (TPSA) is 45.3 Å². The molecule has 0 aromatic carbocycles. The van der Waals surface area contributed by atoms with Crippen LogP contribution in [0.4, 0.5) is 0 Å². The fourth-order valence-electron chi connectivity index (χ4n) is 1.38. The number of hydrogen-bond acceptors (Lipinski definition) is 4. The molecule has 3 N–H and O–H groups in total. The summed E-state index contributed by atoms with van der Waals surface area (Å²) < 4.78 is 5.41. The summed E-state index contributed by atoms with van der Waals surface area (Å²) in [5.74, 6) is 0. The van der Waals surface area contributed by atoms with Crippen LogP contribution in [0.25, 0.3) is 0 Å². The maximum atomic E-state index is 5.41. The van der Waals surface area contributed by atoms with E-state index in [1.807, 2.05) is 0 Å². The minimum atomic E-state index is -0.206. The molecule has 98 valence electrons. The van der Waals surface area contributed by atoms with Gasteiger partial charge in [0.05, 0.1) is 0 Å². The third kappa shape index (κ3) is 14.1. The third-order valence-corrected chi connectivity index (χ3v) is 3.79. The van der Waals surface area contributed by atoms with E-state index in [1.165, 1.54) is 12.5 Å². The SMILES string of the molecule is CCNCCNCCNCCC[SiH2]OCC. The van der Waals surface area contributed by atoms with E-state index < -0.39 is 0 Å². The highest BCUT2D eigenvalue weighted by atomic mass is 28.2. The van der Waals surface area contributed by atoms with Gasteiger partial charge in [0.1, 0.15) is 0 Å². The first kappa shape index (κ1) is 16.1. The summed E-state index contributed by atoms with van der Waals surface area (Å²) in [6, 6.07) is 1.30. The second-order valence-corrected chi connectivity index (χ2v) is 5.28. The van der Waals surface area contributed by atoms with Crippen molar-refractivity contribution in [2.75, 3.05) is 45.9 Å². The normalized spacial score (nSPS) is 11.6. The zero-order valence-corrected chi connectivity index (χ0v) is 12.4. The van der Waals surface area contributed by atoms with E-state index in [0.717, 1.165) is 45.9 Å². The molecular formula is C11H29N3OSi. The van der Waals surface area contributed by atoms with Gasteiger partial charge in [-0.15, -0.1) is 0 Å². The minimum Gasteiger partial charge on any atom is -0.424 e. The first-order valence-corrected chi connectivity index (χ1v) is 8.19. The van der Waals surface area contributed by atoms with Crippen LogP contribution in [0.1, 0.15) is 20.3 Å². The quantitative estimate of drug-likeness (QED) is 0.309. The van der Waals surface area contributed by atoms with E-state index in [1.54, 1.807) is 0 Å². The second-order valence-electron chi connectivity index (χ2n) is 3.76. The molecule has 0 heterocycles. The molecule has 0 rings (SSSR count). The average molecular weight is 247 g/mol. The molecule has 0 aromatic rings. The molecule has 0 amide bonds. The van der Waals surface area contributed by atoms with Gasteiger partial charge >= 0.3 is 0 Å². The third-order valence-electron chi connectivity index (χ3n) is 2.30. The van der Waals surface area contributed by atoms with Crippen molar-refractivity contribution in [2.45, 2.75) is 26.3 Å². The molecule has 5 heteroatoms. The summed E-state index contributed by atoms with van der Waals surface area (Å²) in [5.41, 5.74) is 0. The molecule has 0 radical (unpaired) electrons. The molecule has 4 nitrogen and oxygen atoms in total. The molecular weight excluding hydrogens is 218 g/mol. The smallest absolute Gasteiger partial charge is 0.161 e. The predicted octanol–water partition coefficient (Wildman–Crippen LogP) is -0.296. The molecule has 0 atom stereocenters. The number of hydrogen-bond donors (Lipinski definition) is 3. The highest BCUT2D eigenvalue weighted by Gasteiger charge is 1.90. The van der Waals surface area contributed by atoms with Gasteiger partial charge in [-0.05, 0) is 32.5 Å². The lowest BCUT2D eigenvalue weighted by molar-refractivity contribution is 0.359. The van der Waals surface area contributed by atoms with E-state index in [-0.39, 0.29) is 9.76 Å². The Balaban J connectivity index is 2.83. The zero-order valence-electron chi connectivity index (χ0n) is 11.0. The summed E-state index contributed by atoms with van der Waals surface area (Å²) in [6.07, 6.45) is 1.27. The average Bonchev–Trinajstić information content (AvgIpc) is 2.31. The van der Waals surface area contributed by atoms with Crippen molar-refractivity contribution in [3.8, 4) is 0 Å². The van der Waals surface area contributed by atoms with Crippen molar-refractivity contribution in [1.29, 1.82) is 0 Å². The fourth-order valence-corrected chi connectivity index (χ4v) is 2.33. The van der Waals surface area contributed by atoms with Crippen LogP contribution in [-0.2, 0) is 4.43 Å². The van der Waals surface area contributed by atoms with Crippen LogP contribution in [0.3, 0.4) is 0 Å². The molecule has 0 saturated heterocycles. The maximum Gasteiger partial charge on any atom is 0.161 e. The predicted molar refractivity (Wildman–Crippen MR) is 73.9 cm³/mol. The highest BCUT2D eigenvalue weighted by Crippen LogP contribution is 1.86. The van der Waals surface area contributed by atoms with Gasteiger partial charge in [0.2, 0.25) is 0 Å². The van der Waals surface area contributed by atoms with Crippen LogP contribution in [0, 0.1) is 0 Å². The van der Waals surface area contributed by atoms with Crippen LogP contribution in [0.15, 0.2) is 0 Å². The molecule has 0 saturated carbocycles. The summed E-state index contributed by atoms with van der Waals surface area (Å²) in [4.78, 5) is 0. The monoisotopic (exact) mass is 247 g/mol. The largest absolute Gasteiger partial charge is 0.424 e. The Morgan fingerprint density at radius 1 is 0.875 bits per heavy atom.